The zero-order valence-electron chi connectivity index (χ0n) is 12.4. The maximum absolute atomic E-state index is 9.26. The van der Waals surface area contributed by atoms with Crippen LogP contribution in [0.1, 0.15) is 40.0 Å². The van der Waals surface area contributed by atoms with Gasteiger partial charge in [-0.3, -0.25) is 0 Å². The van der Waals surface area contributed by atoms with E-state index in [0.717, 1.165) is 37.4 Å². The highest BCUT2D eigenvalue weighted by atomic mass is 16.3. The largest absolute Gasteiger partial charge is 0.395 e. The predicted molar refractivity (Wildman–Crippen MR) is 81.8 cm³/mol. The van der Waals surface area contributed by atoms with Crippen molar-refractivity contribution in [3.63, 3.8) is 0 Å². The van der Waals surface area contributed by atoms with Crippen LogP contribution in [0.4, 0.5) is 11.6 Å². The van der Waals surface area contributed by atoms with Crippen molar-refractivity contribution < 1.29 is 5.11 Å². The van der Waals surface area contributed by atoms with E-state index in [1.807, 2.05) is 18.2 Å². The molecule has 0 saturated carbocycles. The second-order valence-corrected chi connectivity index (χ2v) is 4.70. The molecule has 0 bridgehead atoms. The van der Waals surface area contributed by atoms with E-state index in [2.05, 4.69) is 36.0 Å². The number of anilines is 2. The summed E-state index contributed by atoms with van der Waals surface area (Å²) in [7, 11) is 0. The third-order valence-electron chi connectivity index (χ3n) is 3.31. The number of aliphatic hydroxyl groups is 1. The van der Waals surface area contributed by atoms with Crippen molar-refractivity contribution in [2.24, 2.45) is 0 Å². The van der Waals surface area contributed by atoms with Crippen molar-refractivity contribution >= 4 is 11.6 Å². The van der Waals surface area contributed by atoms with Crippen LogP contribution in [-0.4, -0.2) is 35.8 Å². The molecule has 0 aliphatic heterocycles. The van der Waals surface area contributed by atoms with Gasteiger partial charge in [-0.25, -0.2) is 4.98 Å². The van der Waals surface area contributed by atoms with Crippen LogP contribution in [0, 0.1) is 0 Å². The molecule has 19 heavy (non-hydrogen) atoms. The standard InChI is InChI=1S/C15H27N3O/c1-4-10-16-14-8-7-9-15(17-14)18(11-12-19)13(5-2)6-3/h7-9,13,19H,4-6,10-12H2,1-3H3,(H,16,17). The molecule has 1 heterocycles. The van der Waals surface area contributed by atoms with Gasteiger partial charge in [-0.2, -0.15) is 0 Å². The Kier molecular flexibility index (Phi) is 7.26. The van der Waals surface area contributed by atoms with Crippen LogP contribution in [0.25, 0.3) is 0 Å². The number of pyridine rings is 1. The number of aliphatic hydroxyl groups excluding tert-OH is 1. The molecule has 0 aliphatic rings. The maximum atomic E-state index is 9.26. The lowest BCUT2D eigenvalue weighted by Gasteiger charge is -2.31. The molecular formula is C15H27N3O. The molecule has 0 fully saturated rings. The molecule has 2 N–H and O–H groups in total. The SMILES string of the molecule is CCCNc1cccc(N(CCO)C(CC)CC)n1. The third-order valence-corrected chi connectivity index (χ3v) is 3.31. The average molecular weight is 265 g/mol. The Morgan fingerprint density at radius 3 is 2.58 bits per heavy atom. The van der Waals surface area contributed by atoms with E-state index in [4.69, 9.17) is 0 Å². The maximum Gasteiger partial charge on any atom is 0.131 e. The number of rotatable bonds is 9. The molecular weight excluding hydrogens is 238 g/mol. The molecule has 4 nitrogen and oxygen atoms in total. The van der Waals surface area contributed by atoms with E-state index >= 15 is 0 Å². The van der Waals surface area contributed by atoms with Crippen molar-refractivity contribution in [3.05, 3.63) is 18.2 Å². The number of hydrogen-bond acceptors (Lipinski definition) is 4. The number of hydrogen-bond donors (Lipinski definition) is 2. The molecule has 0 unspecified atom stereocenters. The Hall–Kier alpha value is -1.29. The first kappa shape index (κ1) is 15.8. The van der Waals surface area contributed by atoms with Gasteiger partial charge in [0.25, 0.3) is 0 Å². The van der Waals surface area contributed by atoms with Crippen LogP contribution in [0.15, 0.2) is 18.2 Å². The molecule has 1 aromatic heterocycles. The Morgan fingerprint density at radius 1 is 1.26 bits per heavy atom. The van der Waals surface area contributed by atoms with E-state index in [1.165, 1.54) is 0 Å². The van der Waals surface area contributed by atoms with Crippen LogP contribution < -0.4 is 10.2 Å². The van der Waals surface area contributed by atoms with E-state index in [0.29, 0.717) is 12.6 Å². The zero-order chi connectivity index (χ0) is 14.1. The van der Waals surface area contributed by atoms with Crippen molar-refractivity contribution in [1.29, 1.82) is 0 Å². The first-order valence-electron chi connectivity index (χ1n) is 7.35. The van der Waals surface area contributed by atoms with Crippen LogP contribution in [0.3, 0.4) is 0 Å². The summed E-state index contributed by atoms with van der Waals surface area (Å²) in [5, 5.41) is 12.6. The first-order valence-corrected chi connectivity index (χ1v) is 7.35. The molecule has 0 aliphatic carbocycles. The fraction of sp³-hybridized carbons (Fsp3) is 0.667. The highest BCUT2D eigenvalue weighted by Crippen LogP contribution is 2.19. The van der Waals surface area contributed by atoms with Crippen molar-refractivity contribution in [2.45, 2.75) is 46.1 Å². The van der Waals surface area contributed by atoms with Crippen LogP contribution >= 0.6 is 0 Å². The minimum atomic E-state index is 0.158. The molecule has 0 atom stereocenters. The first-order chi connectivity index (χ1) is 9.26. The molecule has 0 amide bonds. The number of nitrogens with one attached hydrogen (secondary N) is 1. The van der Waals surface area contributed by atoms with Crippen LogP contribution in [0.5, 0.6) is 0 Å². The summed E-state index contributed by atoms with van der Waals surface area (Å²) in [5.41, 5.74) is 0. The fourth-order valence-corrected chi connectivity index (χ4v) is 2.26. The second kappa shape index (κ2) is 8.75. The summed E-state index contributed by atoms with van der Waals surface area (Å²) >= 11 is 0. The van der Waals surface area contributed by atoms with Crippen LogP contribution in [-0.2, 0) is 0 Å². The monoisotopic (exact) mass is 265 g/mol. The van der Waals surface area contributed by atoms with E-state index in [9.17, 15) is 5.11 Å². The summed E-state index contributed by atoms with van der Waals surface area (Å²) in [6.45, 7) is 8.22. The lowest BCUT2D eigenvalue weighted by atomic mass is 10.1. The van der Waals surface area contributed by atoms with E-state index < -0.39 is 0 Å². The Labute approximate surface area is 116 Å². The predicted octanol–water partition coefficient (Wildman–Crippen LogP) is 2.89. The normalized spacial score (nSPS) is 10.8. The smallest absolute Gasteiger partial charge is 0.131 e. The molecule has 4 heteroatoms. The van der Waals surface area contributed by atoms with E-state index in [1.54, 1.807) is 0 Å². The zero-order valence-corrected chi connectivity index (χ0v) is 12.4. The van der Waals surface area contributed by atoms with Crippen molar-refractivity contribution in [3.8, 4) is 0 Å². The molecule has 1 aromatic rings. The Balaban J connectivity index is 2.88. The third kappa shape index (κ3) is 4.71. The van der Waals surface area contributed by atoms with Gasteiger partial charge in [0, 0.05) is 19.1 Å². The lowest BCUT2D eigenvalue weighted by molar-refractivity contribution is 0.295. The highest BCUT2D eigenvalue weighted by molar-refractivity contribution is 5.47. The van der Waals surface area contributed by atoms with E-state index in [-0.39, 0.29) is 6.61 Å². The van der Waals surface area contributed by atoms with Crippen molar-refractivity contribution in [2.75, 3.05) is 29.9 Å². The molecule has 0 saturated heterocycles. The quantitative estimate of drug-likeness (QED) is 0.721. The number of aromatic nitrogens is 1. The van der Waals surface area contributed by atoms with Crippen molar-refractivity contribution in [1.82, 2.24) is 4.98 Å². The molecule has 0 aromatic carbocycles. The summed E-state index contributed by atoms with van der Waals surface area (Å²) in [4.78, 5) is 6.86. The van der Waals surface area contributed by atoms with Gasteiger partial charge in [-0.15, -0.1) is 0 Å². The van der Waals surface area contributed by atoms with Gasteiger partial charge < -0.3 is 15.3 Å². The Bertz CT molecular complexity index is 353. The van der Waals surface area contributed by atoms with Gasteiger partial charge in [-0.1, -0.05) is 26.8 Å². The highest BCUT2D eigenvalue weighted by Gasteiger charge is 2.16. The van der Waals surface area contributed by atoms with Gasteiger partial charge in [0.05, 0.1) is 6.61 Å². The summed E-state index contributed by atoms with van der Waals surface area (Å²) < 4.78 is 0. The van der Waals surface area contributed by atoms with Gasteiger partial charge in [0.2, 0.25) is 0 Å². The minimum absolute atomic E-state index is 0.158. The van der Waals surface area contributed by atoms with Gasteiger partial charge >= 0.3 is 0 Å². The summed E-state index contributed by atoms with van der Waals surface area (Å²) in [6.07, 6.45) is 3.20. The van der Waals surface area contributed by atoms with Gasteiger partial charge in [-0.05, 0) is 31.4 Å². The summed E-state index contributed by atoms with van der Waals surface area (Å²) in [6, 6.07) is 6.46. The minimum Gasteiger partial charge on any atom is -0.395 e. The molecule has 0 spiro atoms. The topological polar surface area (TPSA) is 48.4 Å². The lowest BCUT2D eigenvalue weighted by Crippen LogP contribution is -2.37. The van der Waals surface area contributed by atoms with Crippen LogP contribution in [0.2, 0.25) is 0 Å². The second-order valence-electron chi connectivity index (χ2n) is 4.70. The summed E-state index contributed by atoms with van der Waals surface area (Å²) in [5.74, 6) is 1.86. The fourth-order valence-electron chi connectivity index (χ4n) is 2.26. The molecule has 1 rings (SSSR count). The molecule has 108 valence electrons. The Morgan fingerprint density at radius 2 is 2.00 bits per heavy atom. The van der Waals surface area contributed by atoms with Gasteiger partial charge in [0.15, 0.2) is 0 Å². The van der Waals surface area contributed by atoms with Gasteiger partial charge in [0.1, 0.15) is 11.6 Å². The average Bonchev–Trinajstić information content (AvgIpc) is 2.45. The molecule has 0 radical (unpaired) electrons. The number of nitrogens with zero attached hydrogens (tertiary/aromatic N) is 2.